The number of benzene rings is 3. The predicted molar refractivity (Wildman–Crippen MR) is 143 cm³/mol. The van der Waals surface area contributed by atoms with Crippen LogP contribution in [0.2, 0.25) is 0 Å². The highest BCUT2D eigenvalue weighted by molar-refractivity contribution is 5.92. The quantitative estimate of drug-likeness (QED) is 0.237. The number of amides is 2. The van der Waals surface area contributed by atoms with Crippen molar-refractivity contribution in [3.63, 3.8) is 0 Å². The number of nitrogens with one attached hydrogen (secondary N) is 2. The second kappa shape index (κ2) is 12.8. The minimum absolute atomic E-state index is 0.0135. The standard InChI is InChI=1S/C30H33N3O4/c34-29(31-25-15-9-1-2-10-16-25)27(21-22-17-19-26(20-18-22)33(36)37)32-30(35)28(23-11-5-3-6-12-23)24-13-7-4-8-14-24/h3-8,11-14,17-20,25,27-28H,1-2,9-10,15-16,21H2,(H,31,34)(H,32,35)/t27-/m1/s1. The highest BCUT2D eigenvalue weighted by atomic mass is 16.6. The van der Waals surface area contributed by atoms with Crippen LogP contribution >= 0.6 is 0 Å². The minimum Gasteiger partial charge on any atom is -0.352 e. The summed E-state index contributed by atoms with van der Waals surface area (Å²) in [5.41, 5.74) is 2.40. The number of nitro groups is 1. The molecule has 0 bridgehead atoms. The molecule has 7 heteroatoms. The summed E-state index contributed by atoms with van der Waals surface area (Å²) in [4.78, 5) is 37.9. The molecule has 0 aliphatic heterocycles. The van der Waals surface area contributed by atoms with Gasteiger partial charge in [0.15, 0.2) is 0 Å². The van der Waals surface area contributed by atoms with Crippen molar-refractivity contribution in [2.45, 2.75) is 62.9 Å². The molecule has 0 saturated heterocycles. The molecular formula is C30H33N3O4. The Hall–Kier alpha value is -4.00. The van der Waals surface area contributed by atoms with E-state index in [2.05, 4.69) is 10.6 Å². The van der Waals surface area contributed by atoms with Crippen molar-refractivity contribution in [3.05, 3.63) is 112 Å². The Morgan fingerprint density at radius 3 is 1.84 bits per heavy atom. The molecule has 4 rings (SSSR count). The predicted octanol–water partition coefficient (Wildman–Crippen LogP) is 5.29. The maximum Gasteiger partial charge on any atom is 0.269 e. The van der Waals surface area contributed by atoms with Gasteiger partial charge < -0.3 is 10.6 Å². The second-order valence-electron chi connectivity index (χ2n) is 9.64. The first kappa shape index (κ1) is 26.1. The normalized spacial score (nSPS) is 14.9. The number of nitrogens with zero attached hydrogens (tertiary/aromatic N) is 1. The average molecular weight is 500 g/mol. The number of hydrogen-bond acceptors (Lipinski definition) is 4. The van der Waals surface area contributed by atoms with E-state index in [9.17, 15) is 19.7 Å². The molecule has 1 atom stereocenters. The van der Waals surface area contributed by atoms with Crippen LogP contribution in [0, 0.1) is 10.1 Å². The number of rotatable bonds is 9. The summed E-state index contributed by atoms with van der Waals surface area (Å²) in [6, 6.07) is 24.4. The molecule has 0 spiro atoms. The number of carbonyl (C=O) groups is 2. The fourth-order valence-electron chi connectivity index (χ4n) is 4.97. The lowest BCUT2D eigenvalue weighted by Crippen LogP contribution is -2.51. The third-order valence-corrected chi connectivity index (χ3v) is 6.95. The Morgan fingerprint density at radius 2 is 1.32 bits per heavy atom. The van der Waals surface area contributed by atoms with E-state index in [4.69, 9.17) is 0 Å². The van der Waals surface area contributed by atoms with Crippen LogP contribution in [-0.2, 0) is 16.0 Å². The van der Waals surface area contributed by atoms with Crippen LogP contribution in [0.1, 0.15) is 61.1 Å². The van der Waals surface area contributed by atoms with E-state index >= 15 is 0 Å². The molecule has 1 aliphatic rings. The molecule has 7 nitrogen and oxygen atoms in total. The Balaban J connectivity index is 1.58. The first-order valence-corrected chi connectivity index (χ1v) is 13.0. The van der Waals surface area contributed by atoms with E-state index in [1.807, 2.05) is 60.7 Å². The van der Waals surface area contributed by atoms with E-state index in [1.165, 1.54) is 25.0 Å². The molecule has 3 aromatic rings. The van der Waals surface area contributed by atoms with Gasteiger partial charge in [-0.05, 0) is 29.5 Å². The van der Waals surface area contributed by atoms with Crippen LogP contribution in [0.4, 0.5) is 5.69 Å². The van der Waals surface area contributed by atoms with E-state index in [0.29, 0.717) is 0 Å². The summed E-state index contributed by atoms with van der Waals surface area (Å²) >= 11 is 0. The lowest BCUT2D eigenvalue weighted by atomic mass is 9.90. The van der Waals surface area contributed by atoms with Crippen LogP contribution in [0.15, 0.2) is 84.9 Å². The maximum atomic E-state index is 13.8. The zero-order chi connectivity index (χ0) is 26.0. The summed E-state index contributed by atoms with van der Waals surface area (Å²) in [6.07, 6.45) is 6.60. The molecule has 2 N–H and O–H groups in total. The number of carbonyl (C=O) groups excluding carboxylic acids is 2. The van der Waals surface area contributed by atoms with Crippen molar-refractivity contribution < 1.29 is 14.5 Å². The van der Waals surface area contributed by atoms with Gasteiger partial charge in [-0.25, -0.2) is 0 Å². The van der Waals surface area contributed by atoms with E-state index in [1.54, 1.807) is 12.1 Å². The Morgan fingerprint density at radius 1 is 0.784 bits per heavy atom. The molecule has 0 heterocycles. The van der Waals surface area contributed by atoms with Gasteiger partial charge in [0, 0.05) is 24.6 Å². The summed E-state index contributed by atoms with van der Waals surface area (Å²) in [5.74, 6) is -1.06. The van der Waals surface area contributed by atoms with Gasteiger partial charge in [0.25, 0.3) is 5.69 Å². The molecule has 2 amide bonds. The van der Waals surface area contributed by atoms with Gasteiger partial charge in [-0.2, -0.15) is 0 Å². The molecule has 3 aromatic carbocycles. The van der Waals surface area contributed by atoms with Gasteiger partial charge in [0.2, 0.25) is 11.8 Å². The summed E-state index contributed by atoms with van der Waals surface area (Å²) in [5, 5.41) is 17.3. The molecular weight excluding hydrogens is 466 g/mol. The molecule has 1 fully saturated rings. The zero-order valence-electron chi connectivity index (χ0n) is 20.8. The third-order valence-electron chi connectivity index (χ3n) is 6.95. The van der Waals surface area contributed by atoms with E-state index in [-0.39, 0.29) is 30.0 Å². The number of hydrogen-bond donors (Lipinski definition) is 2. The van der Waals surface area contributed by atoms with Crippen molar-refractivity contribution in [1.29, 1.82) is 0 Å². The SMILES string of the molecule is O=C(N[C@H](Cc1ccc([N+](=O)[O-])cc1)C(=O)NC1CCCCCC1)C(c1ccccc1)c1ccccc1. The van der Waals surface area contributed by atoms with E-state index in [0.717, 1.165) is 42.4 Å². The lowest BCUT2D eigenvalue weighted by Gasteiger charge is -2.25. The Kier molecular flexibility index (Phi) is 9.03. The van der Waals surface area contributed by atoms with Gasteiger partial charge >= 0.3 is 0 Å². The van der Waals surface area contributed by atoms with Crippen LogP contribution < -0.4 is 10.6 Å². The van der Waals surface area contributed by atoms with Gasteiger partial charge in [-0.15, -0.1) is 0 Å². The fraction of sp³-hybridized carbons (Fsp3) is 0.333. The molecule has 1 aliphatic carbocycles. The topological polar surface area (TPSA) is 101 Å². The minimum atomic E-state index is -0.813. The summed E-state index contributed by atoms with van der Waals surface area (Å²) in [7, 11) is 0. The van der Waals surface area contributed by atoms with Crippen molar-refractivity contribution >= 4 is 17.5 Å². The summed E-state index contributed by atoms with van der Waals surface area (Å²) in [6.45, 7) is 0. The Labute approximate surface area is 217 Å². The van der Waals surface area contributed by atoms with Crippen molar-refractivity contribution in [3.8, 4) is 0 Å². The van der Waals surface area contributed by atoms with Gasteiger partial charge in [0.05, 0.1) is 10.8 Å². The first-order valence-electron chi connectivity index (χ1n) is 13.0. The molecule has 0 aromatic heterocycles. The smallest absolute Gasteiger partial charge is 0.269 e. The average Bonchev–Trinajstić information content (AvgIpc) is 3.18. The molecule has 37 heavy (non-hydrogen) atoms. The highest BCUT2D eigenvalue weighted by Gasteiger charge is 2.29. The zero-order valence-corrected chi connectivity index (χ0v) is 20.8. The third kappa shape index (κ3) is 7.26. The highest BCUT2D eigenvalue weighted by Crippen LogP contribution is 2.25. The van der Waals surface area contributed by atoms with Crippen molar-refractivity contribution in [2.75, 3.05) is 0 Å². The molecule has 0 radical (unpaired) electrons. The molecule has 192 valence electrons. The van der Waals surface area contributed by atoms with Crippen LogP contribution in [0.25, 0.3) is 0 Å². The lowest BCUT2D eigenvalue weighted by molar-refractivity contribution is -0.384. The maximum absolute atomic E-state index is 13.8. The largest absolute Gasteiger partial charge is 0.352 e. The summed E-state index contributed by atoms with van der Waals surface area (Å²) < 4.78 is 0. The van der Waals surface area contributed by atoms with Gasteiger partial charge in [0.1, 0.15) is 6.04 Å². The monoisotopic (exact) mass is 499 g/mol. The molecule has 1 saturated carbocycles. The second-order valence-corrected chi connectivity index (χ2v) is 9.64. The molecule has 0 unspecified atom stereocenters. The van der Waals surface area contributed by atoms with E-state index < -0.39 is 16.9 Å². The van der Waals surface area contributed by atoms with Crippen LogP contribution in [0.3, 0.4) is 0 Å². The number of non-ortho nitro benzene ring substituents is 1. The first-order chi connectivity index (χ1) is 18.0. The van der Waals surface area contributed by atoms with Crippen molar-refractivity contribution in [1.82, 2.24) is 10.6 Å². The van der Waals surface area contributed by atoms with Crippen molar-refractivity contribution in [2.24, 2.45) is 0 Å². The van der Waals surface area contributed by atoms with Crippen LogP contribution in [-0.4, -0.2) is 28.8 Å². The Bertz CT molecular complexity index is 1130. The van der Waals surface area contributed by atoms with Crippen LogP contribution in [0.5, 0.6) is 0 Å². The fourth-order valence-corrected chi connectivity index (χ4v) is 4.97. The number of nitro benzene ring substituents is 1. The van der Waals surface area contributed by atoms with Gasteiger partial charge in [-0.1, -0.05) is 98.5 Å². The van der Waals surface area contributed by atoms with Gasteiger partial charge in [-0.3, -0.25) is 19.7 Å².